The lowest BCUT2D eigenvalue weighted by Gasteiger charge is -2.10. The van der Waals surface area contributed by atoms with E-state index in [2.05, 4.69) is 12.2 Å². The van der Waals surface area contributed by atoms with E-state index in [4.69, 9.17) is 14.7 Å². The number of hydrogen-bond acceptors (Lipinski definition) is 4. The van der Waals surface area contributed by atoms with E-state index >= 15 is 0 Å². The number of ether oxygens (including phenoxy) is 2. The van der Waals surface area contributed by atoms with Crippen molar-refractivity contribution < 1.29 is 9.47 Å². The molecule has 0 radical (unpaired) electrons. The largest absolute Gasteiger partial charge is 0.493 e. The van der Waals surface area contributed by atoms with E-state index in [9.17, 15) is 0 Å². The standard InChI is InChI=1S/C13H18N2O2/c1-3-7-15-10-11-4-5-12(16-2)13(9-11)17-8-6-14/h4-5,9,15H,3,7-8,10H2,1-2H3. The molecule has 1 aromatic carbocycles. The molecule has 0 aromatic heterocycles. The Kier molecular flexibility index (Phi) is 5.91. The Hall–Kier alpha value is -1.73. The van der Waals surface area contributed by atoms with Crippen LogP contribution in [0.3, 0.4) is 0 Å². The normalized spacial score (nSPS) is 9.71. The van der Waals surface area contributed by atoms with Gasteiger partial charge in [0, 0.05) is 6.54 Å². The molecule has 0 aliphatic rings. The summed E-state index contributed by atoms with van der Waals surface area (Å²) < 4.78 is 10.5. The number of benzene rings is 1. The quantitative estimate of drug-likeness (QED) is 0.734. The second-order valence-electron chi connectivity index (χ2n) is 3.61. The molecule has 0 unspecified atom stereocenters. The minimum absolute atomic E-state index is 0.0300. The number of nitriles is 1. The molecular formula is C13H18N2O2. The first-order chi connectivity index (χ1) is 8.31. The van der Waals surface area contributed by atoms with Gasteiger partial charge in [-0.3, -0.25) is 0 Å². The van der Waals surface area contributed by atoms with Crippen molar-refractivity contribution in [2.24, 2.45) is 0 Å². The van der Waals surface area contributed by atoms with E-state index in [0.717, 1.165) is 25.1 Å². The van der Waals surface area contributed by atoms with Gasteiger partial charge in [0.05, 0.1) is 7.11 Å². The van der Waals surface area contributed by atoms with Crippen LogP contribution in [0.1, 0.15) is 18.9 Å². The first-order valence-electron chi connectivity index (χ1n) is 5.69. The highest BCUT2D eigenvalue weighted by atomic mass is 16.5. The molecule has 0 aliphatic heterocycles. The van der Waals surface area contributed by atoms with Gasteiger partial charge in [-0.15, -0.1) is 0 Å². The molecule has 0 saturated carbocycles. The lowest BCUT2D eigenvalue weighted by molar-refractivity contribution is 0.329. The van der Waals surface area contributed by atoms with Crippen molar-refractivity contribution in [2.45, 2.75) is 19.9 Å². The highest BCUT2D eigenvalue weighted by Crippen LogP contribution is 2.27. The van der Waals surface area contributed by atoms with Gasteiger partial charge >= 0.3 is 0 Å². The average molecular weight is 234 g/mol. The molecule has 0 aliphatic carbocycles. The predicted molar refractivity (Wildman–Crippen MR) is 66.1 cm³/mol. The average Bonchev–Trinajstić information content (AvgIpc) is 2.37. The lowest BCUT2D eigenvalue weighted by Crippen LogP contribution is -2.13. The van der Waals surface area contributed by atoms with Crippen molar-refractivity contribution in [3.63, 3.8) is 0 Å². The molecule has 0 saturated heterocycles. The van der Waals surface area contributed by atoms with Crippen LogP contribution in [0, 0.1) is 11.3 Å². The fourth-order valence-corrected chi connectivity index (χ4v) is 1.46. The van der Waals surface area contributed by atoms with Crippen molar-refractivity contribution in [3.8, 4) is 17.6 Å². The summed E-state index contributed by atoms with van der Waals surface area (Å²) in [7, 11) is 1.59. The minimum atomic E-state index is 0.0300. The summed E-state index contributed by atoms with van der Waals surface area (Å²) in [6, 6.07) is 7.69. The molecule has 0 fully saturated rings. The summed E-state index contributed by atoms with van der Waals surface area (Å²) in [6.45, 7) is 3.94. The van der Waals surface area contributed by atoms with Crippen LogP contribution in [0.15, 0.2) is 18.2 Å². The van der Waals surface area contributed by atoms with Gasteiger partial charge in [0.15, 0.2) is 18.1 Å². The number of rotatable bonds is 7. The van der Waals surface area contributed by atoms with Gasteiger partial charge in [0.25, 0.3) is 0 Å². The van der Waals surface area contributed by atoms with Crippen LogP contribution in [0.2, 0.25) is 0 Å². The van der Waals surface area contributed by atoms with Crippen LogP contribution < -0.4 is 14.8 Å². The Morgan fingerprint density at radius 3 is 2.82 bits per heavy atom. The van der Waals surface area contributed by atoms with Crippen molar-refractivity contribution >= 4 is 0 Å². The molecular weight excluding hydrogens is 216 g/mol. The molecule has 0 atom stereocenters. The van der Waals surface area contributed by atoms with E-state index in [1.165, 1.54) is 0 Å². The molecule has 1 rings (SSSR count). The summed E-state index contributed by atoms with van der Waals surface area (Å²) in [4.78, 5) is 0. The Balaban J connectivity index is 2.70. The van der Waals surface area contributed by atoms with Crippen LogP contribution in [0.4, 0.5) is 0 Å². The predicted octanol–water partition coefficient (Wildman–Crippen LogP) is 2.10. The molecule has 1 N–H and O–H groups in total. The topological polar surface area (TPSA) is 54.3 Å². The maximum Gasteiger partial charge on any atom is 0.174 e. The highest BCUT2D eigenvalue weighted by molar-refractivity contribution is 5.43. The molecule has 17 heavy (non-hydrogen) atoms. The molecule has 4 nitrogen and oxygen atoms in total. The van der Waals surface area contributed by atoms with E-state index in [1.54, 1.807) is 7.11 Å². The van der Waals surface area contributed by atoms with Gasteiger partial charge < -0.3 is 14.8 Å². The lowest BCUT2D eigenvalue weighted by atomic mass is 10.2. The zero-order chi connectivity index (χ0) is 12.5. The third kappa shape index (κ3) is 4.33. The summed E-state index contributed by atoms with van der Waals surface area (Å²) >= 11 is 0. The number of hydrogen-bond donors (Lipinski definition) is 1. The number of methoxy groups -OCH3 is 1. The van der Waals surface area contributed by atoms with Crippen LogP contribution in [-0.4, -0.2) is 20.3 Å². The summed E-state index contributed by atoms with van der Waals surface area (Å²) in [5.41, 5.74) is 1.12. The minimum Gasteiger partial charge on any atom is -0.493 e. The number of nitrogens with zero attached hydrogens (tertiary/aromatic N) is 1. The first kappa shape index (κ1) is 13.3. The molecule has 92 valence electrons. The zero-order valence-corrected chi connectivity index (χ0v) is 10.3. The monoisotopic (exact) mass is 234 g/mol. The Labute approximate surface area is 102 Å². The van der Waals surface area contributed by atoms with Crippen molar-refractivity contribution in [3.05, 3.63) is 23.8 Å². The van der Waals surface area contributed by atoms with E-state index in [0.29, 0.717) is 11.5 Å². The smallest absolute Gasteiger partial charge is 0.174 e. The second kappa shape index (κ2) is 7.53. The van der Waals surface area contributed by atoms with Crippen LogP contribution in [-0.2, 0) is 6.54 Å². The third-order valence-electron chi connectivity index (χ3n) is 2.28. The van der Waals surface area contributed by atoms with Gasteiger partial charge in [0.1, 0.15) is 6.07 Å². The summed E-state index contributed by atoms with van der Waals surface area (Å²) in [5.74, 6) is 1.27. The summed E-state index contributed by atoms with van der Waals surface area (Å²) in [6.07, 6.45) is 1.11. The van der Waals surface area contributed by atoms with Crippen LogP contribution in [0.5, 0.6) is 11.5 Å². The van der Waals surface area contributed by atoms with Gasteiger partial charge in [-0.1, -0.05) is 13.0 Å². The molecule has 0 amide bonds. The van der Waals surface area contributed by atoms with Gasteiger partial charge in [-0.05, 0) is 30.7 Å². The van der Waals surface area contributed by atoms with Crippen LogP contribution in [0.25, 0.3) is 0 Å². The van der Waals surface area contributed by atoms with Gasteiger partial charge in [-0.2, -0.15) is 5.26 Å². The second-order valence-corrected chi connectivity index (χ2v) is 3.61. The van der Waals surface area contributed by atoms with Crippen molar-refractivity contribution in [1.29, 1.82) is 5.26 Å². The Morgan fingerprint density at radius 2 is 2.18 bits per heavy atom. The molecule has 0 heterocycles. The molecule has 1 aromatic rings. The molecule has 4 heteroatoms. The van der Waals surface area contributed by atoms with Crippen molar-refractivity contribution in [1.82, 2.24) is 5.32 Å². The first-order valence-corrected chi connectivity index (χ1v) is 5.69. The van der Waals surface area contributed by atoms with Gasteiger partial charge in [-0.25, -0.2) is 0 Å². The highest BCUT2D eigenvalue weighted by Gasteiger charge is 2.05. The Morgan fingerprint density at radius 1 is 1.35 bits per heavy atom. The van der Waals surface area contributed by atoms with Crippen molar-refractivity contribution in [2.75, 3.05) is 20.3 Å². The maximum absolute atomic E-state index is 8.51. The summed E-state index contributed by atoms with van der Waals surface area (Å²) in [5, 5.41) is 11.8. The fourth-order valence-electron chi connectivity index (χ4n) is 1.46. The van der Waals surface area contributed by atoms with E-state index < -0.39 is 0 Å². The molecule has 0 spiro atoms. The van der Waals surface area contributed by atoms with E-state index in [1.807, 2.05) is 24.3 Å². The Bertz CT molecular complexity index is 385. The molecule has 0 bridgehead atoms. The number of nitrogens with one attached hydrogen (secondary N) is 1. The zero-order valence-electron chi connectivity index (χ0n) is 10.3. The van der Waals surface area contributed by atoms with Crippen LogP contribution >= 0.6 is 0 Å². The van der Waals surface area contributed by atoms with E-state index in [-0.39, 0.29) is 6.61 Å². The SMILES string of the molecule is CCCNCc1ccc(OC)c(OCC#N)c1. The fraction of sp³-hybridized carbons (Fsp3) is 0.462. The third-order valence-corrected chi connectivity index (χ3v) is 2.28. The van der Waals surface area contributed by atoms with Gasteiger partial charge in [0.2, 0.25) is 0 Å². The maximum atomic E-state index is 8.51.